The lowest BCUT2D eigenvalue weighted by Gasteiger charge is -2.33. The number of hydrogen-bond donors (Lipinski definition) is 2. The molecule has 0 spiro atoms. The van der Waals surface area contributed by atoms with Gasteiger partial charge in [0, 0.05) is 17.6 Å². The number of alkyl carbamates (subject to hydrolysis) is 1. The van der Waals surface area contributed by atoms with Crippen LogP contribution in [0.1, 0.15) is 52.5 Å². The maximum Gasteiger partial charge on any atom is 0.412 e. The van der Waals surface area contributed by atoms with E-state index in [4.69, 9.17) is 16.3 Å². The van der Waals surface area contributed by atoms with Gasteiger partial charge in [0.2, 0.25) is 11.8 Å². The number of carbonyl (C=O) groups is 3. The third kappa shape index (κ3) is 6.46. The number of piperidine rings is 1. The van der Waals surface area contributed by atoms with Crippen molar-refractivity contribution in [1.29, 1.82) is 0 Å². The summed E-state index contributed by atoms with van der Waals surface area (Å²) in [6.07, 6.45) is 2.54. The predicted octanol–water partition coefficient (Wildman–Crippen LogP) is 2.99. The normalized spacial score (nSPS) is 21.1. The maximum absolute atomic E-state index is 13.7. The number of amides is 3. The summed E-state index contributed by atoms with van der Waals surface area (Å²) < 4.78 is 6.53. The number of hydrogen-bond acceptors (Lipinski definition) is 7. The molecule has 1 saturated carbocycles. The Morgan fingerprint density at radius 2 is 2.03 bits per heavy atom. The zero-order valence-corrected chi connectivity index (χ0v) is 22.2. The number of rotatable bonds is 8. The van der Waals surface area contributed by atoms with Crippen molar-refractivity contribution in [1.82, 2.24) is 35.7 Å². The molecule has 1 aliphatic carbocycles. The van der Waals surface area contributed by atoms with Crippen molar-refractivity contribution in [3.8, 4) is 5.69 Å². The lowest BCUT2D eigenvalue weighted by molar-refractivity contribution is -0.141. The molecule has 1 saturated heterocycles. The molecule has 4 atom stereocenters. The van der Waals surface area contributed by atoms with Gasteiger partial charge in [0.25, 0.3) is 0 Å². The summed E-state index contributed by atoms with van der Waals surface area (Å²) in [5, 5.41) is 17.4. The van der Waals surface area contributed by atoms with Crippen LogP contribution in [-0.2, 0) is 20.9 Å². The molecular weight excluding hydrogens is 498 g/mol. The Morgan fingerprint density at radius 3 is 2.68 bits per heavy atom. The average molecular weight is 530 g/mol. The van der Waals surface area contributed by atoms with Crippen LogP contribution in [-0.4, -0.2) is 61.1 Å². The fourth-order valence-electron chi connectivity index (χ4n) is 4.82. The van der Waals surface area contributed by atoms with E-state index in [1.807, 2.05) is 20.8 Å². The summed E-state index contributed by atoms with van der Waals surface area (Å²) in [5.74, 6) is -0.0411. The number of benzene rings is 1. The molecule has 1 aliphatic heterocycles. The van der Waals surface area contributed by atoms with Gasteiger partial charge in [-0.25, -0.2) is 9.48 Å². The summed E-state index contributed by atoms with van der Waals surface area (Å²) in [6, 6.07) is 3.76. The molecule has 198 valence electrons. The van der Waals surface area contributed by atoms with Crippen LogP contribution in [0.2, 0.25) is 5.02 Å². The SMILES string of the molecule is C=C(C)OC(=O)N[C@H](CC(C)(C)C)C(=O)N1[C@H](C(=O)NCc2cc(Cl)ccc2-n2cnnn2)C[C@@H]2C[C@@H]21. The minimum absolute atomic E-state index is 0.00682. The lowest BCUT2D eigenvalue weighted by atomic mass is 9.87. The second kappa shape index (κ2) is 10.5. The van der Waals surface area contributed by atoms with Crippen molar-refractivity contribution >= 4 is 29.5 Å². The summed E-state index contributed by atoms with van der Waals surface area (Å²) in [6.45, 7) is 11.3. The lowest BCUT2D eigenvalue weighted by Crippen LogP contribution is -2.55. The molecule has 1 aromatic carbocycles. The van der Waals surface area contributed by atoms with Crippen LogP contribution in [0.3, 0.4) is 0 Å². The molecule has 0 bridgehead atoms. The molecule has 12 heteroatoms. The van der Waals surface area contributed by atoms with Crippen molar-refractivity contribution in [2.45, 2.75) is 71.6 Å². The van der Waals surface area contributed by atoms with Crippen molar-refractivity contribution in [2.75, 3.05) is 0 Å². The zero-order valence-electron chi connectivity index (χ0n) is 21.4. The predicted molar refractivity (Wildman–Crippen MR) is 135 cm³/mol. The van der Waals surface area contributed by atoms with Crippen molar-refractivity contribution in [3.63, 3.8) is 0 Å². The number of nitrogens with one attached hydrogen (secondary N) is 2. The molecule has 0 radical (unpaired) electrons. The van der Waals surface area contributed by atoms with Crippen LogP contribution in [0, 0.1) is 11.3 Å². The highest BCUT2D eigenvalue weighted by Gasteiger charge is 2.57. The van der Waals surface area contributed by atoms with E-state index in [9.17, 15) is 14.4 Å². The van der Waals surface area contributed by atoms with Gasteiger partial charge < -0.3 is 20.3 Å². The number of aromatic nitrogens is 4. The fourth-order valence-corrected chi connectivity index (χ4v) is 5.02. The molecule has 2 N–H and O–H groups in total. The Hall–Kier alpha value is -3.47. The second-order valence-electron chi connectivity index (χ2n) is 10.9. The highest BCUT2D eigenvalue weighted by Crippen LogP contribution is 2.48. The molecule has 2 aliphatic rings. The monoisotopic (exact) mass is 529 g/mol. The van der Waals surface area contributed by atoms with Gasteiger partial charge in [0.05, 0.1) is 11.4 Å². The van der Waals surface area contributed by atoms with E-state index in [0.29, 0.717) is 23.6 Å². The van der Waals surface area contributed by atoms with Crippen molar-refractivity contribution in [2.24, 2.45) is 11.3 Å². The van der Waals surface area contributed by atoms with Crippen LogP contribution in [0.15, 0.2) is 36.9 Å². The van der Waals surface area contributed by atoms with Crippen LogP contribution < -0.4 is 10.6 Å². The van der Waals surface area contributed by atoms with Crippen molar-refractivity contribution < 1.29 is 19.1 Å². The van der Waals surface area contributed by atoms with Gasteiger partial charge >= 0.3 is 6.09 Å². The molecule has 37 heavy (non-hydrogen) atoms. The van der Waals surface area contributed by atoms with Crippen molar-refractivity contribution in [3.05, 3.63) is 47.5 Å². The smallest absolute Gasteiger partial charge is 0.412 e. The van der Waals surface area contributed by atoms with E-state index in [1.165, 1.54) is 11.0 Å². The number of nitrogens with zero attached hydrogens (tertiary/aromatic N) is 5. The van der Waals surface area contributed by atoms with E-state index in [-0.39, 0.29) is 41.5 Å². The molecular formula is C25H32ClN7O4. The van der Waals surface area contributed by atoms with Crippen LogP contribution in [0.4, 0.5) is 4.79 Å². The first-order valence-corrected chi connectivity index (χ1v) is 12.6. The largest absolute Gasteiger partial charge is 0.416 e. The minimum Gasteiger partial charge on any atom is -0.416 e. The van der Waals surface area contributed by atoms with Crippen LogP contribution >= 0.6 is 11.6 Å². The number of tetrazole rings is 1. The molecule has 11 nitrogen and oxygen atoms in total. The summed E-state index contributed by atoms with van der Waals surface area (Å²) in [4.78, 5) is 41.1. The summed E-state index contributed by atoms with van der Waals surface area (Å²) in [7, 11) is 0. The van der Waals surface area contributed by atoms with Gasteiger partial charge in [-0.3, -0.25) is 9.59 Å². The molecule has 2 aromatic rings. The van der Waals surface area contributed by atoms with Crippen LogP contribution in [0.25, 0.3) is 5.69 Å². The van der Waals surface area contributed by atoms with Crippen LogP contribution in [0.5, 0.6) is 0 Å². The third-order valence-corrected chi connectivity index (χ3v) is 6.66. The Labute approximate surface area is 220 Å². The van der Waals surface area contributed by atoms with E-state index in [1.54, 1.807) is 30.0 Å². The topological polar surface area (TPSA) is 131 Å². The fraction of sp³-hybridized carbons (Fsp3) is 0.520. The molecule has 4 rings (SSSR count). The van der Waals surface area contributed by atoms with E-state index >= 15 is 0 Å². The Bertz CT molecular complexity index is 1190. The Balaban J connectivity index is 1.49. The Kier molecular flexibility index (Phi) is 7.54. The standard InChI is InChI=1S/C25H32ClN7O4/c1-14(2)37-24(36)29-18(11-25(3,4)5)23(35)33-20-9-15(20)10-21(33)22(34)27-12-16-8-17(26)6-7-19(16)32-13-28-30-31-32/h6-8,13,15,18,20-21H,1,9-12H2,2-5H3,(H,27,34)(H,29,36)/t15-,18+,20-,21-/m0/s1. The van der Waals surface area contributed by atoms with Gasteiger partial charge in [-0.1, -0.05) is 39.0 Å². The van der Waals surface area contributed by atoms with Gasteiger partial charge in [-0.2, -0.15) is 0 Å². The highest BCUT2D eigenvalue weighted by molar-refractivity contribution is 6.30. The molecule has 0 unspecified atom stereocenters. The molecule has 1 aromatic heterocycles. The molecule has 2 fully saturated rings. The number of carbonyl (C=O) groups excluding carboxylic acids is 3. The summed E-state index contributed by atoms with van der Waals surface area (Å²) >= 11 is 6.19. The van der Waals surface area contributed by atoms with E-state index in [0.717, 1.165) is 12.0 Å². The number of halogens is 1. The first kappa shape index (κ1) is 26.6. The van der Waals surface area contributed by atoms with Gasteiger partial charge in [-0.05, 0) is 71.7 Å². The average Bonchev–Trinajstić information content (AvgIpc) is 3.18. The number of fused-ring (bicyclic) bond motifs is 1. The maximum atomic E-state index is 13.7. The number of allylic oxidation sites excluding steroid dienone is 1. The number of ether oxygens (including phenoxy) is 1. The van der Waals surface area contributed by atoms with E-state index < -0.39 is 18.2 Å². The van der Waals surface area contributed by atoms with Gasteiger partial charge in [0.1, 0.15) is 18.4 Å². The quantitative estimate of drug-likeness (QED) is 0.502. The molecule has 3 amide bonds. The Morgan fingerprint density at radius 1 is 1.27 bits per heavy atom. The minimum atomic E-state index is -0.833. The zero-order chi connectivity index (χ0) is 26.9. The first-order chi connectivity index (χ1) is 17.4. The van der Waals surface area contributed by atoms with E-state index in [2.05, 4.69) is 32.7 Å². The highest BCUT2D eigenvalue weighted by atomic mass is 35.5. The number of likely N-dealkylation sites (tertiary alicyclic amines) is 1. The second-order valence-corrected chi connectivity index (χ2v) is 11.3. The summed E-state index contributed by atoms with van der Waals surface area (Å²) in [5.41, 5.74) is 1.16. The third-order valence-electron chi connectivity index (χ3n) is 6.43. The first-order valence-electron chi connectivity index (χ1n) is 12.2. The van der Waals surface area contributed by atoms with Gasteiger partial charge in [-0.15, -0.1) is 5.10 Å². The van der Waals surface area contributed by atoms with Gasteiger partial charge in [0.15, 0.2) is 0 Å². The molecule has 2 heterocycles.